The van der Waals surface area contributed by atoms with E-state index in [-0.39, 0.29) is 29.2 Å². The minimum absolute atomic E-state index is 0.135. The van der Waals surface area contributed by atoms with E-state index in [9.17, 15) is 13.6 Å². The smallest absolute Gasteiger partial charge is 0.280 e. The largest absolute Gasteiger partial charge is 0.337 e. The predicted molar refractivity (Wildman–Crippen MR) is 99.7 cm³/mol. The lowest BCUT2D eigenvalue weighted by Gasteiger charge is -2.37. The van der Waals surface area contributed by atoms with Crippen molar-refractivity contribution >= 4 is 11.7 Å². The second-order valence-electron chi connectivity index (χ2n) is 7.44. The standard InChI is InChI=1S/C19H21F2N7O/c1-10-4-5-27(18(29)15-6-11(2)24-12(3)25-15)8-13(10)16-7-14(17(20)21)26-19-22-9-23-28(16)19/h6-7,9-10,13,17H,4-5,8H2,1-3H3/t10-,13+/m0/s1. The third kappa shape index (κ3) is 3.66. The van der Waals surface area contributed by atoms with Gasteiger partial charge in [0.25, 0.3) is 18.1 Å². The fraction of sp³-hybridized carbons (Fsp3) is 0.474. The van der Waals surface area contributed by atoms with Gasteiger partial charge in [-0.25, -0.2) is 28.2 Å². The summed E-state index contributed by atoms with van der Waals surface area (Å²) in [6, 6.07) is 3.04. The highest BCUT2D eigenvalue weighted by molar-refractivity contribution is 5.92. The van der Waals surface area contributed by atoms with Gasteiger partial charge < -0.3 is 4.90 Å². The predicted octanol–water partition coefficient (Wildman–Crippen LogP) is 2.73. The van der Waals surface area contributed by atoms with Gasteiger partial charge in [-0.05, 0) is 38.3 Å². The molecule has 1 saturated heterocycles. The Morgan fingerprint density at radius 2 is 2.00 bits per heavy atom. The fourth-order valence-electron chi connectivity index (χ4n) is 3.86. The number of aromatic nitrogens is 6. The Balaban J connectivity index is 1.69. The first-order valence-corrected chi connectivity index (χ1v) is 9.43. The number of carbonyl (C=O) groups excluding carboxylic acids is 1. The maximum atomic E-state index is 13.3. The maximum absolute atomic E-state index is 13.3. The molecule has 1 amide bonds. The highest BCUT2D eigenvalue weighted by Crippen LogP contribution is 2.34. The number of hydrogen-bond donors (Lipinski definition) is 0. The Hall–Kier alpha value is -3.04. The van der Waals surface area contributed by atoms with Crippen molar-refractivity contribution in [1.29, 1.82) is 0 Å². The second kappa shape index (κ2) is 7.41. The van der Waals surface area contributed by atoms with E-state index in [0.29, 0.717) is 30.3 Å². The molecule has 3 aromatic heterocycles. The summed E-state index contributed by atoms with van der Waals surface area (Å²) < 4.78 is 28.2. The molecule has 10 heteroatoms. The second-order valence-corrected chi connectivity index (χ2v) is 7.44. The summed E-state index contributed by atoms with van der Waals surface area (Å²) in [6.07, 6.45) is -0.676. The number of likely N-dealkylation sites (tertiary alicyclic amines) is 1. The molecule has 152 valence electrons. The molecule has 8 nitrogen and oxygen atoms in total. The van der Waals surface area contributed by atoms with Crippen LogP contribution >= 0.6 is 0 Å². The minimum atomic E-state index is -2.71. The highest BCUT2D eigenvalue weighted by Gasteiger charge is 2.33. The van der Waals surface area contributed by atoms with Crippen molar-refractivity contribution in [3.63, 3.8) is 0 Å². The van der Waals surface area contributed by atoms with Crippen molar-refractivity contribution in [2.24, 2.45) is 5.92 Å². The zero-order chi connectivity index (χ0) is 20.7. The third-order valence-corrected chi connectivity index (χ3v) is 5.33. The van der Waals surface area contributed by atoms with Gasteiger partial charge in [0.2, 0.25) is 0 Å². The number of alkyl halides is 2. The number of rotatable bonds is 3. The highest BCUT2D eigenvalue weighted by atomic mass is 19.3. The van der Waals surface area contributed by atoms with Crippen molar-refractivity contribution in [3.05, 3.63) is 47.1 Å². The molecular formula is C19H21F2N7O. The molecule has 4 rings (SSSR count). The lowest BCUT2D eigenvalue weighted by molar-refractivity contribution is 0.0659. The van der Waals surface area contributed by atoms with Crippen molar-refractivity contribution in [2.45, 2.75) is 39.5 Å². The van der Waals surface area contributed by atoms with E-state index in [1.807, 2.05) is 6.92 Å². The van der Waals surface area contributed by atoms with Crippen LogP contribution in [0.5, 0.6) is 0 Å². The van der Waals surface area contributed by atoms with Gasteiger partial charge in [0, 0.05) is 24.7 Å². The molecule has 0 radical (unpaired) electrons. The van der Waals surface area contributed by atoms with Crippen LogP contribution < -0.4 is 0 Å². The molecule has 1 aliphatic rings. The quantitative estimate of drug-likeness (QED) is 0.670. The van der Waals surface area contributed by atoms with E-state index < -0.39 is 6.43 Å². The average molecular weight is 401 g/mol. The van der Waals surface area contributed by atoms with Crippen LogP contribution in [0.2, 0.25) is 0 Å². The lowest BCUT2D eigenvalue weighted by Crippen LogP contribution is -2.43. The molecule has 0 saturated carbocycles. The van der Waals surface area contributed by atoms with Gasteiger partial charge in [-0.15, -0.1) is 0 Å². The van der Waals surface area contributed by atoms with Crippen LogP contribution in [0, 0.1) is 19.8 Å². The molecule has 0 bridgehead atoms. The van der Waals surface area contributed by atoms with Gasteiger partial charge in [0.1, 0.15) is 23.5 Å². The Labute approximate surface area is 166 Å². The van der Waals surface area contributed by atoms with Gasteiger partial charge >= 0.3 is 0 Å². The van der Waals surface area contributed by atoms with Crippen molar-refractivity contribution in [2.75, 3.05) is 13.1 Å². The van der Waals surface area contributed by atoms with E-state index in [4.69, 9.17) is 0 Å². The lowest BCUT2D eigenvalue weighted by atomic mass is 9.84. The van der Waals surface area contributed by atoms with Gasteiger partial charge in [0.15, 0.2) is 0 Å². The summed E-state index contributed by atoms with van der Waals surface area (Å²) in [5.74, 6) is 0.481. The van der Waals surface area contributed by atoms with Crippen LogP contribution in [0.4, 0.5) is 8.78 Å². The minimum Gasteiger partial charge on any atom is -0.337 e. The van der Waals surface area contributed by atoms with Crippen molar-refractivity contribution in [3.8, 4) is 0 Å². The molecule has 0 aromatic carbocycles. The monoisotopic (exact) mass is 401 g/mol. The van der Waals surface area contributed by atoms with Crippen molar-refractivity contribution in [1.82, 2.24) is 34.4 Å². The molecule has 1 fully saturated rings. The summed E-state index contributed by atoms with van der Waals surface area (Å²) >= 11 is 0. The molecule has 0 N–H and O–H groups in total. The maximum Gasteiger partial charge on any atom is 0.280 e. The third-order valence-electron chi connectivity index (χ3n) is 5.33. The summed E-state index contributed by atoms with van der Waals surface area (Å²) in [7, 11) is 0. The molecular weight excluding hydrogens is 380 g/mol. The topological polar surface area (TPSA) is 89.2 Å². The van der Waals surface area contributed by atoms with Gasteiger partial charge in [-0.2, -0.15) is 10.1 Å². The number of amides is 1. The van der Waals surface area contributed by atoms with Gasteiger partial charge in [-0.1, -0.05) is 6.92 Å². The van der Waals surface area contributed by atoms with Crippen LogP contribution in [0.3, 0.4) is 0 Å². The molecule has 0 unspecified atom stereocenters. The summed E-state index contributed by atoms with van der Waals surface area (Å²) in [4.78, 5) is 31.1. The van der Waals surface area contributed by atoms with Crippen LogP contribution in [-0.4, -0.2) is 53.4 Å². The van der Waals surface area contributed by atoms with Crippen LogP contribution in [0.25, 0.3) is 5.78 Å². The molecule has 2 atom stereocenters. The number of hydrogen-bond acceptors (Lipinski definition) is 6. The Morgan fingerprint density at radius 1 is 1.21 bits per heavy atom. The molecule has 0 spiro atoms. The Kier molecular flexibility index (Phi) is 4.93. The van der Waals surface area contributed by atoms with E-state index >= 15 is 0 Å². The first kappa shape index (κ1) is 19.3. The number of halogens is 2. The van der Waals surface area contributed by atoms with Crippen LogP contribution in [0.15, 0.2) is 18.5 Å². The molecule has 0 aliphatic carbocycles. The van der Waals surface area contributed by atoms with E-state index in [1.54, 1.807) is 17.9 Å². The fourth-order valence-corrected chi connectivity index (χ4v) is 3.86. The molecule has 4 heterocycles. The average Bonchev–Trinajstić information content (AvgIpc) is 3.15. The SMILES string of the molecule is Cc1cc(C(=O)N2CC[C@H](C)[C@H](c3cc(C(F)F)nc4ncnn34)C2)nc(C)n1. The van der Waals surface area contributed by atoms with Crippen LogP contribution in [0.1, 0.15) is 59.1 Å². The number of aryl methyl sites for hydroxylation is 2. The summed E-state index contributed by atoms with van der Waals surface area (Å²) in [5, 5.41) is 4.15. The number of nitrogens with zero attached hydrogens (tertiary/aromatic N) is 7. The summed E-state index contributed by atoms with van der Waals surface area (Å²) in [5.41, 5.74) is 1.32. The zero-order valence-electron chi connectivity index (χ0n) is 16.4. The van der Waals surface area contributed by atoms with Gasteiger partial charge in [0.05, 0.1) is 5.69 Å². The van der Waals surface area contributed by atoms with Crippen LogP contribution in [-0.2, 0) is 0 Å². The number of fused-ring (bicyclic) bond motifs is 1. The molecule has 3 aromatic rings. The Bertz CT molecular complexity index is 1050. The first-order chi connectivity index (χ1) is 13.8. The molecule has 29 heavy (non-hydrogen) atoms. The first-order valence-electron chi connectivity index (χ1n) is 9.43. The number of carbonyl (C=O) groups is 1. The van der Waals surface area contributed by atoms with E-state index in [2.05, 4.69) is 32.0 Å². The zero-order valence-corrected chi connectivity index (χ0v) is 16.4. The number of piperidine rings is 1. The summed E-state index contributed by atoms with van der Waals surface area (Å²) in [6.45, 7) is 6.57. The molecule has 1 aliphatic heterocycles. The van der Waals surface area contributed by atoms with E-state index in [0.717, 1.165) is 12.1 Å². The van der Waals surface area contributed by atoms with Gasteiger partial charge in [-0.3, -0.25) is 4.79 Å². The van der Waals surface area contributed by atoms with Crippen molar-refractivity contribution < 1.29 is 13.6 Å². The van der Waals surface area contributed by atoms with E-state index in [1.165, 1.54) is 16.9 Å². The Morgan fingerprint density at radius 3 is 2.72 bits per heavy atom. The normalized spacial score (nSPS) is 19.9.